The summed E-state index contributed by atoms with van der Waals surface area (Å²) < 4.78 is 0. The SMILES string of the molecule is CC(C)(C)C1CC(C(C)(C)C)[C@@H](CCCCCCBr)C1. The Bertz CT molecular complexity index is 268. The Morgan fingerprint density at radius 1 is 0.800 bits per heavy atom. The minimum Gasteiger partial charge on any atom is -0.0928 e. The Balaban J connectivity index is 2.52. The zero-order valence-corrected chi connectivity index (χ0v) is 16.4. The van der Waals surface area contributed by atoms with Gasteiger partial charge in [0.05, 0.1) is 0 Å². The first-order valence-electron chi connectivity index (χ1n) is 8.72. The molecule has 0 bridgehead atoms. The van der Waals surface area contributed by atoms with Crippen molar-refractivity contribution in [2.45, 2.75) is 86.5 Å². The Kier molecular flexibility index (Phi) is 7.09. The molecule has 20 heavy (non-hydrogen) atoms. The topological polar surface area (TPSA) is 0 Å². The second-order valence-corrected chi connectivity index (χ2v) is 9.95. The maximum atomic E-state index is 3.53. The molecule has 0 amide bonds. The van der Waals surface area contributed by atoms with Crippen LogP contribution in [-0.2, 0) is 0 Å². The molecule has 0 aromatic carbocycles. The van der Waals surface area contributed by atoms with Crippen LogP contribution in [0.1, 0.15) is 86.5 Å². The highest BCUT2D eigenvalue weighted by molar-refractivity contribution is 9.09. The van der Waals surface area contributed by atoms with E-state index >= 15 is 0 Å². The molecule has 2 unspecified atom stereocenters. The average Bonchev–Trinajstić information content (AvgIpc) is 2.72. The lowest BCUT2D eigenvalue weighted by Crippen LogP contribution is -2.24. The molecule has 0 aliphatic heterocycles. The Labute approximate surface area is 136 Å². The summed E-state index contributed by atoms with van der Waals surface area (Å²) >= 11 is 3.53. The fourth-order valence-electron chi connectivity index (χ4n) is 4.07. The van der Waals surface area contributed by atoms with Crippen molar-refractivity contribution in [3.8, 4) is 0 Å². The van der Waals surface area contributed by atoms with E-state index in [4.69, 9.17) is 0 Å². The second kappa shape index (κ2) is 7.65. The van der Waals surface area contributed by atoms with E-state index < -0.39 is 0 Å². The summed E-state index contributed by atoms with van der Waals surface area (Å²) in [5.74, 6) is 2.84. The van der Waals surface area contributed by atoms with Crippen LogP contribution in [0.15, 0.2) is 0 Å². The van der Waals surface area contributed by atoms with Gasteiger partial charge in [0, 0.05) is 5.33 Å². The zero-order valence-electron chi connectivity index (χ0n) is 14.8. The largest absolute Gasteiger partial charge is 0.0928 e. The van der Waals surface area contributed by atoms with E-state index in [0.717, 1.165) is 17.8 Å². The van der Waals surface area contributed by atoms with Gasteiger partial charge in [0.15, 0.2) is 0 Å². The summed E-state index contributed by atoms with van der Waals surface area (Å²) in [6.07, 6.45) is 10.0. The monoisotopic (exact) mass is 344 g/mol. The molecular weight excluding hydrogens is 308 g/mol. The summed E-state index contributed by atoms with van der Waals surface area (Å²) in [7, 11) is 0. The van der Waals surface area contributed by atoms with Gasteiger partial charge in [0.2, 0.25) is 0 Å². The molecule has 3 atom stereocenters. The van der Waals surface area contributed by atoms with E-state index in [1.807, 2.05) is 0 Å². The fraction of sp³-hybridized carbons (Fsp3) is 1.00. The predicted molar refractivity (Wildman–Crippen MR) is 95.5 cm³/mol. The van der Waals surface area contributed by atoms with Crippen molar-refractivity contribution >= 4 is 15.9 Å². The smallest absolute Gasteiger partial charge is 0.00313 e. The lowest BCUT2D eigenvalue weighted by Gasteiger charge is -2.33. The van der Waals surface area contributed by atoms with Gasteiger partial charge in [-0.25, -0.2) is 0 Å². The van der Waals surface area contributed by atoms with Crippen molar-refractivity contribution in [1.82, 2.24) is 0 Å². The van der Waals surface area contributed by atoms with E-state index in [9.17, 15) is 0 Å². The van der Waals surface area contributed by atoms with Crippen molar-refractivity contribution < 1.29 is 0 Å². The van der Waals surface area contributed by atoms with Gasteiger partial charge < -0.3 is 0 Å². The van der Waals surface area contributed by atoms with Crippen LogP contribution in [0.4, 0.5) is 0 Å². The van der Waals surface area contributed by atoms with E-state index in [1.54, 1.807) is 0 Å². The highest BCUT2D eigenvalue weighted by atomic mass is 79.9. The molecule has 0 aromatic rings. The molecule has 1 aliphatic carbocycles. The van der Waals surface area contributed by atoms with E-state index in [0.29, 0.717) is 10.8 Å². The van der Waals surface area contributed by atoms with Crippen molar-refractivity contribution in [1.29, 1.82) is 0 Å². The van der Waals surface area contributed by atoms with Crippen LogP contribution in [-0.4, -0.2) is 5.33 Å². The summed E-state index contributed by atoms with van der Waals surface area (Å²) in [4.78, 5) is 0. The molecule has 120 valence electrons. The number of alkyl halides is 1. The van der Waals surface area contributed by atoms with Gasteiger partial charge in [-0.2, -0.15) is 0 Å². The molecule has 0 spiro atoms. The summed E-state index contributed by atoms with van der Waals surface area (Å²) in [5, 5.41) is 1.17. The van der Waals surface area contributed by atoms with Gasteiger partial charge in [-0.3, -0.25) is 0 Å². The quantitative estimate of drug-likeness (QED) is 0.357. The Hall–Kier alpha value is 0.480. The van der Waals surface area contributed by atoms with Crippen LogP contribution in [0.3, 0.4) is 0 Å². The minimum atomic E-state index is 0.487. The third-order valence-corrected chi connectivity index (χ3v) is 6.05. The molecule has 1 fully saturated rings. The fourth-order valence-corrected chi connectivity index (χ4v) is 4.46. The van der Waals surface area contributed by atoms with Crippen molar-refractivity contribution in [2.24, 2.45) is 28.6 Å². The molecule has 0 saturated heterocycles. The molecule has 1 heteroatoms. The number of unbranched alkanes of at least 4 members (excludes halogenated alkanes) is 3. The maximum Gasteiger partial charge on any atom is 0.00313 e. The zero-order chi connectivity index (χ0) is 15.4. The first kappa shape index (κ1) is 18.5. The molecular formula is C19H37Br. The molecule has 0 heterocycles. The second-order valence-electron chi connectivity index (χ2n) is 9.16. The number of halogens is 1. The normalized spacial score (nSPS) is 28.1. The van der Waals surface area contributed by atoms with Crippen LogP contribution in [0, 0.1) is 28.6 Å². The first-order valence-corrected chi connectivity index (χ1v) is 9.84. The van der Waals surface area contributed by atoms with Gasteiger partial charge in [0.1, 0.15) is 0 Å². The van der Waals surface area contributed by atoms with Crippen LogP contribution >= 0.6 is 15.9 Å². The van der Waals surface area contributed by atoms with E-state index in [1.165, 1.54) is 50.3 Å². The third kappa shape index (κ3) is 5.70. The Morgan fingerprint density at radius 3 is 1.90 bits per heavy atom. The summed E-state index contributed by atoms with van der Waals surface area (Å²) in [6.45, 7) is 14.7. The average molecular weight is 345 g/mol. The van der Waals surface area contributed by atoms with Crippen molar-refractivity contribution in [3.63, 3.8) is 0 Å². The van der Waals surface area contributed by atoms with Gasteiger partial charge in [-0.1, -0.05) is 83.2 Å². The number of rotatable bonds is 6. The van der Waals surface area contributed by atoms with Crippen LogP contribution < -0.4 is 0 Å². The molecule has 0 N–H and O–H groups in total. The highest BCUT2D eigenvalue weighted by Gasteiger charge is 2.43. The molecule has 0 nitrogen and oxygen atoms in total. The van der Waals surface area contributed by atoms with Gasteiger partial charge in [-0.05, 0) is 47.8 Å². The first-order chi connectivity index (χ1) is 9.16. The van der Waals surface area contributed by atoms with E-state index in [2.05, 4.69) is 57.5 Å². The number of hydrogen-bond donors (Lipinski definition) is 0. The van der Waals surface area contributed by atoms with Crippen LogP contribution in [0.5, 0.6) is 0 Å². The summed E-state index contributed by atoms with van der Waals surface area (Å²) in [5.41, 5.74) is 0.981. The minimum absolute atomic E-state index is 0.487. The molecule has 1 aliphatic rings. The Morgan fingerprint density at radius 2 is 1.40 bits per heavy atom. The molecule has 0 radical (unpaired) electrons. The maximum absolute atomic E-state index is 3.53. The standard InChI is InChI=1S/C19H37Br/c1-18(2,3)16-13-15(11-9-7-8-10-12-20)17(14-16)19(4,5)6/h15-17H,7-14H2,1-6H3/t15-,16?,17?/m0/s1. The molecule has 1 saturated carbocycles. The third-order valence-electron chi connectivity index (χ3n) is 5.49. The summed E-state index contributed by atoms with van der Waals surface area (Å²) in [6, 6.07) is 0. The van der Waals surface area contributed by atoms with E-state index in [-0.39, 0.29) is 0 Å². The lowest BCUT2D eigenvalue weighted by molar-refractivity contribution is 0.169. The van der Waals surface area contributed by atoms with Crippen molar-refractivity contribution in [3.05, 3.63) is 0 Å². The van der Waals surface area contributed by atoms with Gasteiger partial charge in [-0.15, -0.1) is 0 Å². The molecule has 0 aromatic heterocycles. The number of hydrogen-bond acceptors (Lipinski definition) is 0. The van der Waals surface area contributed by atoms with Crippen LogP contribution in [0.25, 0.3) is 0 Å². The van der Waals surface area contributed by atoms with Gasteiger partial charge in [0.25, 0.3) is 0 Å². The molecule has 1 rings (SSSR count). The van der Waals surface area contributed by atoms with Gasteiger partial charge >= 0.3 is 0 Å². The van der Waals surface area contributed by atoms with Crippen LogP contribution in [0.2, 0.25) is 0 Å². The lowest BCUT2D eigenvalue weighted by atomic mass is 9.72. The predicted octanol–water partition coefficient (Wildman–Crippen LogP) is 7.07. The van der Waals surface area contributed by atoms with Crippen molar-refractivity contribution in [2.75, 3.05) is 5.33 Å². The highest BCUT2D eigenvalue weighted by Crippen LogP contribution is 2.52.